The van der Waals surface area contributed by atoms with E-state index in [1.54, 1.807) is 0 Å². The van der Waals surface area contributed by atoms with E-state index in [4.69, 9.17) is 0 Å². The summed E-state index contributed by atoms with van der Waals surface area (Å²) < 4.78 is 1.94. The second-order valence-corrected chi connectivity index (χ2v) is 7.48. The van der Waals surface area contributed by atoms with Gasteiger partial charge in [-0.2, -0.15) is 5.10 Å². The van der Waals surface area contributed by atoms with Crippen LogP contribution in [0.25, 0.3) is 5.69 Å². The van der Waals surface area contributed by atoms with Gasteiger partial charge in [0, 0.05) is 24.8 Å². The Morgan fingerprint density at radius 2 is 2.04 bits per heavy atom. The smallest absolute Gasteiger partial charge is 0.240 e. The zero-order valence-corrected chi connectivity index (χ0v) is 15.1. The van der Waals surface area contributed by atoms with Crippen LogP contribution in [0.15, 0.2) is 30.6 Å². The molecular weight excluding hydrogens is 312 g/mol. The topological polar surface area (TPSA) is 50.2 Å². The lowest BCUT2D eigenvalue weighted by atomic mass is 9.86. The Kier molecular flexibility index (Phi) is 4.12. The second-order valence-electron chi connectivity index (χ2n) is 7.48. The van der Waals surface area contributed by atoms with Crippen LogP contribution in [-0.4, -0.2) is 39.2 Å². The molecule has 2 aliphatic heterocycles. The van der Waals surface area contributed by atoms with Crippen molar-refractivity contribution in [3.05, 3.63) is 47.3 Å². The summed E-state index contributed by atoms with van der Waals surface area (Å²) in [7, 11) is 0. The predicted molar refractivity (Wildman–Crippen MR) is 97.7 cm³/mol. The minimum absolute atomic E-state index is 0.220. The first-order valence-corrected chi connectivity index (χ1v) is 9.23. The van der Waals surface area contributed by atoms with Crippen molar-refractivity contribution in [1.82, 2.24) is 20.0 Å². The summed E-state index contributed by atoms with van der Waals surface area (Å²) in [6.45, 7) is 6.84. The molecule has 1 aromatic heterocycles. The predicted octanol–water partition coefficient (Wildman–Crippen LogP) is 2.73. The average molecular weight is 338 g/mol. The lowest BCUT2D eigenvalue weighted by Crippen LogP contribution is -2.58. The van der Waals surface area contributed by atoms with Crippen molar-refractivity contribution in [2.75, 3.05) is 13.1 Å². The number of nitrogens with zero attached hydrogens (tertiary/aromatic N) is 3. The molecule has 2 aliphatic rings. The van der Waals surface area contributed by atoms with Crippen LogP contribution >= 0.6 is 0 Å². The Morgan fingerprint density at radius 3 is 2.84 bits per heavy atom. The van der Waals surface area contributed by atoms with Crippen LogP contribution in [0, 0.1) is 13.8 Å². The highest BCUT2D eigenvalue weighted by atomic mass is 16.2. The van der Waals surface area contributed by atoms with Crippen LogP contribution in [0.4, 0.5) is 0 Å². The second kappa shape index (κ2) is 6.30. The number of piperidine rings is 1. The molecule has 3 heterocycles. The average Bonchev–Trinajstić information content (AvgIpc) is 3.22. The first-order chi connectivity index (χ1) is 12.1. The van der Waals surface area contributed by atoms with Crippen molar-refractivity contribution < 1.29 is 4.79 Å². The van der Waals surface area contributed by atoms with Crippen LogP contribution in [0.2, 0.25) is 0 Å². The molecule has 25 heavy (non-hydrogen) atoms. The fourth-order valence-corrected chi connectivity index (χ4v) is 4.24. The molecule has 0 saturated carbocycles. The van der Waals surface area contributed by atoms with Gasteiger partial charge in [0.1, 0.15) is 5.54 Å². The maximum Gasteiger partial charge on any atom is 0.240 e. The van der Waals surface area contributed by atoms with E-state index in [0.29, 0.717) is 0 Å². The molecule has 2 fully saturated rings. The highest BCUT2D eigenvalue weighted by Crippen LogP contribution is 2.36. The third-order valence-corrected chi connectivity index (χ3v) is 5.86. The lowest BCUT2D eigenvalue weighted by Gasteiger charge is -2.40. The maximum absolute atomic E-state index is 12.5. The molecule has 0 radical (unpaired) electrons. The summed E-state index contributed by atoms with van der Waals surface area (Å²) in [5, 5.41) is 7.61. The van der Waals surface area contributed by atoms with E-state index in [2.05, 4.69) is 53.6 Å². The standard InChI is InChI=1S/C20H26N4O/c1-15-5-6-18(11-16(15)2)24-14-17(12-22-24)13-23-10-4-8-20(23)7-3-9-21-19(20)25/h5-6,11-12,14H,3-4,7-10,13H2,1-2H3,(H,21,25). The van der Waals surface area contributed by atoms with Crippen LogP contribution in [0.5, 0.6) is 0 Å². The fraction of sp³-hybridized carbons (Fsp3) is 0.500. The molecule has 2 aromatic rings. The number of carbonyl (C=O) groups is 1. The molecule has 1 N–H and O–H groups in total. The van der Waals surface area contributed by atoms with E-state index in [0.717, 1.165) is 56.6 Å². The van der Waals surface area contributed by atoms with Gasteiger partial charge in [0.25, 0.3) is 0 Å². The number of likely N-dealkylation sites (tertiary alicyclic amines) is 1. The Bertz CT molecular complexity index is 797. The quantitative estimate of drug-likeness (QED) is 0.936. The Morgan fingerprint density at radius 1 is 1.20 bits per heavy atom. The van der Waals surface area contributed by atoms with Crippen molar-refractivity contribution in [2.24, 2.45) is 0 Å². The molecule has 132 valence electrons. The van der Waals surface area contributed by atoms with Gasteiger partial charge in [-0.1, -0.05) is 6.07 Å². The molecule has 4 rings (SSSR count). The van der Waals surface area contributed by atoms with Gasteiger partial charge in [-0.15, -0.1) is 0 Å². The molecule has 2 saturated heterocycles. The highest BCUT2D eigenvalue weighted by Gasteiger charge is 2.48. The Labute approximate surface area is 149 Å². The summed E-state index contributed by atoms with van der Waals surface area (Å²) in [6.07, 6.45) is 8.15. The SMILES string of the molecule is Cc1ccc(-n2cc(CN3CCCC34CCCNC4=O)cn2)cc1C. The number of nitrogens with one attached hydrogen (secondary N) is 1. The first-order valence-electron chi connectivity index (χ1n) is 9.23. The molecular formula is C20H26N4O. The molecule has 5 heteroatoms. The number of amides is 1. The molecule has 5 nitrogen and oxygen atoms in total. The van der Waals surface area contributed by atoms with Crippen molar-refractivity contribution in [3.63, 3.8) is 0 Å². The monoisotopic (exact) mass is 338 g/mol. The van der Waals surface area contributed by atoms with Gasteiger partial charge in [0.05, 0.1) is 11.9 Å². The van der Waals surface area contributed by atoms with Gasteiger partial charge < -0.3 is 5.32 Å². The summed E-state index contributed by atoms with van der Waals surface area (Å²) in [5.74, 6) is 0.220. The summed E-state index contributed by atoms with van der Waals surface area (Å²) in [4.78, 5) is 14.9. The van der Waals surface area contributed by atoms with Crippen molar-refractivity contribution in [1.29, 1.82) is 0 Å². The van der Waals surface area contributed by atoms with E-state index in [1.165, 1.54) is 11.1 Å². The molecule has 0 aliphatic carbocycles. The maximum atomic E-state index is 12.5. The van der Waals surface area contributed by atoms with E-state index < -0.39 is 0 Å². The van der Waals surface area contributed by atoms with Gasteiger partial charge in [-0.3, -0.25) is 9.69 Å². The molecule has 1 spiro atoms. The van der Waals surface area contributed by atoms with Gasteiger partial charge in [-0.25, -0.2) is 4.68 Å². The number of carbonyl (C=O) groups excluding carboxylic acids is 1. The summed E-state index contributed by atoms with van der Waals surface area (Å²) >= 11 is 0. The summed E-state index contributed by atoms with van der Waals surface area (Å²) in [5.41, 5.74) is 4.52. The largest absolute Gasteiger partial charge is 0.354 e. The highest BCUT2D eigenvalue weighted by molar-refractivity contribution is 5.87. The summed E-state index contributed by atoms with van der Waals surface area (Å²) in [6, 6.07) is 6.40. The lowest BCUT2D eigenvalue weighted by molar-refractivity contribution is -0.134. The number of hydrogen-bond donors (Lipinski definition) is 1. The Hall–Kier alpha value is -2.14. The first kappa shape index (κ1) is 16.3. The van der Waals surface area contributed by atoms with Crippen LogP contribution < -0.4 is 5.32 Å². The molecule has 1 amide bonds. The van der Waals surface area contributed by atoms with Gasteiger partial charge in [0.15, 0.2) is 0 Å². The zero-order chi connectivity index (χ0) is 17.4. The molecule has 1 atom stereocenters. The van der Waals surface area contributed by atoms with Gasteiger partial charge in [0.2, 0.25) is 5.91 Å². The van der Waals surface area contributed by atoms with Crippen LogP contribution in [0.3, 0.4) is 0 Å². The third-order valence-electron chi connectivity index (χ3n) is 5.86. The minimum Gasteiger partial charge on any atom is -0.354 e. The van der Waals surface area contributed by atoms with Crippen molar-refractivity contribution >= 4 is 5.91 Å². The number of aryl methyl sites for hydroxylation is 2. The van der Waals surface area contributed by atoms with Crippen molar-refractivity contribution in [2.45, 2.75) is 51.6 Å². The normalized spacial score (nSPS) is 24.0. The van der Waals surface area contributed by atoms with Crippen LogP contribution in [-0.2, 0) is 11.3 Å². The minimum atomic E-state index is -0.291. The van der Waals surface area contributed by atoms with E-state index in [1.807, 2.05) is 10.9 Å². The third kappa shape index (κ3) is 2.86. The van der Waals surface area contributed by atoms with E-state index >= 15 is 0 Å². The van der Waals surface area contributed by atoms with Gasteiger partial charge >= 0.3 is 0 Å². The zero-order valence-electron chi connectivity index (χ0n) is 15.1. The number of hydrogen-bond acceptors (Lipinski definition) is 3. The Balaban J connectivity index is 1.54. The van der Waals surface area contributed by atoms with Gasteiger partial charge in [-0.05, 0) is 69.3 Å². The van der Waals surface area contributed by atoms with Crippen molar-refractivity contribution in [3.8, 4) is 5.69 Å². The molecule has 1 aromatic carbocycles. The molecule has 0 bridgehead atoms. The molecule has 1 unspecified atom stereocenters. The fourth-order valence-electron chi connectivity index (χ4n) is 4.24. The number of benzene rings is 1. The van der Waals surface area contributed by atoms with E-state index in [9.17, 15) is 4.79 Å². The van der Waals surface area contributed by atoms with E-state index in [-0.39, 0.29) is 11.4 Å². The number of aromatic nitrogens is 2. The van der Waals surface area contributed by atoms with Crippen LogP contribution in [0.1, 0.15) is 42.4 Å². The number of rotatable bonds is 3.